The van der Waals surface area contributed by atoms with Crippen LogP contribution in [0.1, 0.15) is 44.9 Å². The molecule has 0 amide bonds. The molecule has 0 aromatic carbocycles. The van der Waals surface area contributed by atoms with Crippen LogP contribution in [0.15, 0.2) is 0 Å². The van der Waals surface area contributed by atoms with Crippen molar-refractivity contribution in [3.05, 3.63) is 0 Å². The minimum absolute atomic E-state index is 0.0787. The number of alkyl halides is 2. The summed E-state index contributed by atoms with van der Waals surface area (Å²) in [6, 6.07) is -0.545. The molecule has 2 saturated carbocycles. The standard InChI is InChI=1S/C11H19F2N/c12-11(13)7-2-1-6-10(11)14-8-9-4-3-5-9/h9-10,14H,1-8H2. The molecule has 0 saturated heterocycles. The molecule has 2 rings (SSSR count). The Hall–Kier alpha value is -0.180. The third-order valence-electron chi connectivity index (χ3n) is 3.64. The molecule has 2 aliphatic carbocycles. The first kappa shape index (κ1) is 10.3. The predicted molar refractivity (Wildman–Crippen MR) is 52.5 cm³/mol. The molecule has 0 radical (unpaired) electrons. The van der Waals surface area contributed by atoms with Gasteiger partial charge in [-0.05, 0) is 38.1 Å². The van der Waals surface area contributed by atoms with Crippen molar-refractivity contribution in [1.29, 1.82) is 0 Å². The lowest BCUT2D eigenvalue weighted by molar-refractivity contribution is -0.0650. The van der Waals surface area contributed by atoms with Gasteiger partial charge in [0, 0.05) is 6.42 Å². The first-order chi connectivity index (χ1) is 6.68. The maximum Gasteiger partial charge on any atom is 0.263 e. The molecule has 0 spiro atoms. The maximum absolute atomic E-state index is 13.4. The second-order valence-electron chi connectivity index (χ2n) is 4.76. The second-order valence-corrected chi connectivity index (χ2v) is 4.76. The van der Waals surface area contributed by atoms with Crippen LogP contribution in [0.4, 0.5) is 8.78 Å². The van der Waals surface area contributed by atoms with E-state index >= 15 is 0 Å². The molecule has 82 valence electrons. The molecule has 1 nitrogen and oxygen atoms in total. The van der Waals surface area contributed by atoms with Crippen LogP contribution < -0.4 is 5.32 Å². The van der Waals surface area contributed by atoms with Crippen molar-refractivity contribution < 1.29 is 8.78 Å². The fraction of sp³-hybridized carbons (Fsp3) is 1.00. The minimum Gasteiger partial charge on any atom is -0.308 e. The van der Waals surface area contributed by atoms with Crippen LogP contribution in [0, 0.1) is 5.92 Å². The van der Waals surface area contributed by atoms with E-state index in [9.17, 15) is 8.78 Å². The summed E-state index contributed by atoms with van der Waals surface area (Å²) in [5.74, 6) is -1.78. The van der Waals surface area contributed by atoms with Crippen LogP contribution in [0.5, 0.6) is 0 Å². The van der Waals surface area contributed by atoms with Gasteiger partial charge in [0.25, 0.3) is 5.92 Å². The highest BCUT2D eigenvalue weighted by atomic mass is 19.3. The lowest BCUT2D eigenvalue weighted by Crippen LogP contribution is -2.49. The van der Waals surface area contributed by atoms with Crippen molar-refractivity contribution in [3.8, 4) is 0 Å². The summed E-state index contributed by atoms with van der Waals surface area (Å²) in [5.41, 5.74) is 0. The van der Waals surface area contributed by atoms with E-state index in [2.05, 4.69) is 5.32 Å². The Morgan fingerprint density at radius 3 is 2.43 bits per heavy atom. The Morgan fingerprint density at radius 1 is 1.07 bits per heavy atom. The second kappa shape index (κ2) is 4.13. The molecule has 14 heavy (non-hydrogen) atoms. The van der Waals surface area contributed by atoms with Gasteiger partial charge in [-0.2, -0.15) is 0 Å². The zero-order chi connectivity index (χ0) is 10.0. The number of hydrogen-bond acceptors (Lipinski definition) is 1. The van der Waals surface area contributed by atoms with Crippen LogP contribution in [0.25, 0.3) is 0 Å². The number of hydrogen-bond donors (Lipinski definition) is 1. The van der Waals surface area contributed by atoms with Crippen LogP contribution in [-0.4, -0.2) is 18.5 Å². The van der Waals surface area contributed by atoms with Gasteiger partial charge in [0.1, 0.15) is 0 Å². The molecule has 0 aromatic rings. The van der Waals surface area contributed by atoms with Gasteiger partial charge in [-0.15, -0.1) is 0 Å². The summed E-state index contributed by atoms with van der Waals surface area (Å²) in [6.45, 7) is 0.806. The fourth-order valence-electron chi connectivity index (χ4n) is 2.35. The third kappa shape index (κ3) is 2.25. The quantitative estimate of drug-likeness (QED) is 0.743. The molecule has 3 heteroatoms. The molecule has 1 N–H and O–H groups in total. The van der Waals surface area contributed by atoms with Crippen molar-refractivity contribution in [2.75, 3.05) is 6.54 Å². The van der Waals surface area contributed by atoms with Crippen molar-refractivity contribution in [2.24, 2.45) is 5.92 Å². The highest BCUT2D eigenvalue weighted by Gasteiger charge is 2.41. The van der Waals surface area contributed by atoms with Crippen molar-refractivity contribution >= 4 is 0 Å². The van der Waals surface area contributed by atoms with Crippen LogP contribution >= 0.6 is 0 Å². The summed E-state index contributed by atoms with van der Waals surface area (Å²) in [6.07, 6.45) is 6.12. The Labute approximate surface area is 84.3 Å². The number of rotatable bonds is 3. The Balaban J connectivity index is 1.76. The topological polar surface area (TPSA) is 12.0 Å². The maximum atomic E-state index is 13.4. The van der Waals surface area contributed by atoms with E-state index < -0.39 is 12.0 Å². The molecule has 0 aliphatic heterocycles. The van der Waals surface area contributed by atoms with Gasteiger partial charge >= 0.3 is 0 Å². The monoisotopic (exact) mass is 203 g/mol. The van der Waals surface area contributed by atoms with E-state index in [4.69, 9.17) is 0 Å². The molecule has 2 fully saturated rings. The highest BCUT2D eigenvalue weighted by Crippen LogP contribution is 2.34. The molecule has 1 atom stereocenters. The average Bonchev–Trinajstić information content (AvgIpc) is 2.04. The molecular formula is C11H19F2N. The molecular weight excluding hydrogens is 184 g/mol. The summed E-state index contributed by atoms with van der Waals surface area (Å²) in [5, 5.41) is 3.06. The molecule has 0 bridgehead atoms. The SMILES string of the molecule is FC1(F)CCCCC1NCC1CCC1. The highest BCUT2D eigenvalue weighted by molar-refractivity contribution is 4.88. The zero-order valence-corrected chi connectivity index (χ0v) is 8.57. The number of nitrogens with one attached hydrogen (secondary N) is 1. The van der Waals surface area contributed by atoms with Crippen molar-refractivity contribution in [2.45, 2.75) is 56.9 Å². The van der Waals surface area contributed by atoms with Crippen LogP contribution in [0.2, 0.25) is 0 Å². The fourth-order valence-corrected chi connectivity index (χ4v) is 2.35. The molecule has 0 aromatic heterocycles. The van der Waals surface area contributed by atoms with Gasteiger partial charge in [0.15, 0.2) is 0 Å². The van der Waals surface area contributed by atoms with E-state index in [1.807, 2.05) is 0 Å². The normalized spacial score (nSPS) is 32.6. The van der Waals surface area contributed by atoms with Crippen molar-refractivity contribution in [1.82, 2.24) is 5.32 Å². The first-order valence-electron chi connectivity index (χ1n) is 5.80. The summed E-state index contributed by atoms with van der Waals surface area (Å²) >= 11 is 0. The van der Waals surface area contributed by atoms with Gasteiger partial charge in [0.05, 0.1) is 6.04 Å². The number of halogens is 2. The van der Waals surface area contributed by atoms with Gasteiger partial charge in [-0.3, -0.25) is 0 Å². The Bertz CT molecular complexity index is 190. The molecule has 1 unspecified atom stereocenters. The van der Waals surface area contributed by atoms with Gasteiger partial charge in [-0.1, -0.05) is 12.8 Å². The Kier molecular flexibility index (Phi) is 3.05. The van der Waals surface area contributed by atoms with E-state index in [0.717, 1.165) is 13.0 Å². The third-order valence-corrected chi connectivity index (χ3v) is 3.64. The van der Waals surface area contributed by atoms with Crippen molar-refractivity contribution in [3.63, 3.8) is 0 Å². The predicted octanol–water partition coefficient (Wildman–Crippen LogP) is 2.95. The summed E-state index contributed by atoms with van der Waals surface area (Å²) < 4.78 is 26.8. The first-order valence-corrected chi connectivity index (χ1v) is 5.80. The lowest BCUT2D eigenvalue weighted by atomic mass is 9.84. The van der Waals surface area contributed by atoms with Gasteiger partial charge in [-0.25, -0.2) is 8.78 Å². The van der Waals surface area contributed by atoms with E-state index in [-0.39, 0.29) is 6.42 Å². The lowest BCUT2D eigenvalue weighted by Gasteiger charge is -2.34. The van der Waals surface area contributed by atoms with Crippen LogP contribution in [0.3, 0.4) is 0 Å². The smallest absolute Gasteiger partial charge is 0.263 e. The van der Waals surface area contributed by atoms with E-state index in [1.54, 1.807) is 0 Å². The average molecular weight is 203 g/mol. The summed E-state index contributed by atoms with van der Waals surface area (Å²) in [4.78, 5) is 0. The summed E-state index contributed by atoms with van der Waals surface area (Å²) in [7, 11) is 0. The van der Waals surface area contributed by atoms with E-state index in [1.165, 1.54) is 19.3 Å². The van der Waals surface area contributed by atoms with E-state index in [0.29, 0.717) is 18.8 Å². The van der Waals surface area contributed by atoms with Crippen LogP contribution in [-0.2, 0) is 0 Å². The Morgan fingerprint density at radius 2 is 1.86 bits per heavy atom. The minimum atomic E-state index is -2.46. The van der Waals surface area contributed by atoms with Gasteiger partial charge < -0.3 is 5.32 Å². The molecule has 0 heterocycles. The molecule has 2 aliphatic rings. The largest absolute Gasteiger partial charge is 0.308 e. The zero-order valence-electron chi connectivity index (χ0n) is 8.57. The van der Waals surface area contributed by atoms with Gasteiger partial charge in [0.2, 0.25) is 0 Å².